The molecule has 0 heterocycles. The molecular weight excluding hydrogens is 340 g/mol. The van der Waals surface area contributed by atoms with Crippen LogP contribution in [0.4, 0.5) is 0 Å². The summed E-state index contributed by atoms with van der Waals surface area (Å²) < 4.78 is 5.51. The van der Waals surface area contributed by atoms with Gasteiger partial charge >= 0.3 is 5.97 Å². The van der Waals surface area contributed by atoms with Crippen LogP contribution in [0.25, 0.3) is 0 Å². The van der Waals surface area contributed by atoms with Crippen LogP contribution < -0.4 is 0 Å². The van der Waals surface area contributed by atoms with Crippen LogP contribution in [0.5, 0.6) is 0 Å². The molecule has 3 rings (SSSR count). The number of fused-ring (bicyclic) bond motifs is 3. The van der Waals surface area contributed by atoms with Gasteiger partial charge in [0.1, 0.15) is 18.2 Å². The molecule has 0 aliphatic heterocycles. The maximum absolute atomic E-state index is 13.6. The first-order chi connectivity index (χ1) is 12.8. The Morgan fingerprint density at radius 1 is 1.22 bits per heavy atom. The molecule has 1 unspecified atom stereocenters. The molecule has 0 spiro atoms. The minimum atomic E-state index is -0.338. The number of ketones is 1. The van der Waals surface area contributed by atoms with E-state index in [4.69, 9.17) is 4.74 Å². The van der Waals surface area contributed by atoms with E-state index < -0.39 is 0 Å². The fraction of sp³-hybridized carbons (Fsp3) is 0.870. The van der Waals surface area contributed by atoms with E-state index >= 15 is 0 Å². The summed E-state index contributed by atoms with van der Waals surface area (Å²) in [5.41, 5.74) is -0.155. The first-order valence-electron chi connectivity index (χ1n) is 10.9. The Morgan fingerprint density at radius 2 is 1.96 bits per heavy atom. The highest BCUT2D eigenvalue weighted by atomic mass is 16.5. The number of carbonyl (C=O) groups is 3. The molecule has 0 aromatic heterocycles. The van der Waals surface area contributed by atoms with E-state index in [0.717, 1.165) is 57.7 Å². The van der Waals surface area contributed by atoms with Gasteiger partial charge in [-0.2, -0.15) is 0 Å². The lowest BCUT2D eigenvalue weighted by Crippen LogP contribution is -2.56. The van der Waals surface area contributed by atoms with Crippen molar-refractivity contribution in [2.45, 2.75) is 91.6 Å². The molecule has 0 N–H and O–H groups in total. The van der Waals surface area contributed by atoms with Crippen molar-refractivity contribution in [1.29, 1.82) is 0 Å². The minimum Gasteiger partial charge on any atom is -0.463 e. The van der Waals surface area contributed by atoms with E-state index in [9.17, 15) is 14.4 Å². The summed E-state index contributed by atoms with van der Waals surface area (Å²) in [4.78, 5) is 36.1. The van der Waals surface area contributed by atoms with Gasteiger partial charge in [-0.1, -0.05) is 27.2 Å². The second-order valence-electron chi connectivity index (χ2n) is 9.83. The standard InChI is InChI=1S/C23H36O4/c1-5-16(10-13-24)23(4)12-9-20-19(21(23)26)7-6-17-14-18(27-15(2)25)8-11-22(17,20)3/h13,16-20H,5-12,14H2,1-4H3/t16-,17?,18-,19+,20-,22-,23+/m0/s1. The highest BCUT2D eigenvalue weighted by molar-refractivity contribution is 5.88. The third-order valence-corrected chi connectivity index (χ3v) is 8.63. The average Bonchev–Trinajstić information content (AvgIpc) is 2.62. The molecule has 3 fully saturated rings. The largest absolute Gasteiger partial charge is 0.463 e. The second-order valence-corrected chi connectivity index (χ2v) is 9.83. The van der Waals surface area contributed by atoms with Crippen molar-refractivity contribution in [2.24, 2.45) is 34.5 Å². The van der Waals surface area contributed by atoms with E-state index in [1.54, 1.807) is 0 Å². The van der Waals surface area contributed by atoms with Gasteiger partial charge < -0.3 is 9.53 Å². The lowest BCUT2D eigenvalue weighted by Gasteiger charge is -2.58. The van der Waals surface area contributed by atoms with E-state index in [1.165, 1.54) is 6.92 Å². The lowest BCUT2D eigenvalue weighted by molar-refractivity contribution is -0.163. The Hall–Kier alpha value is -1.19. The summed E-state index contributed by atoms with van der Waals surface area (Å²) in [6.45, 7) is 8.11. The first kappa shape index (κ1) is 20.5. The second kappa shape index (κ2) is 7.67. The monoisotopic (exact) mass is 376 g/mol. The quantitative estimate of drug-likeness (QED) is 0.514. The van der Waals surface area contributed by atoms with Crippen molar-refractivity contribution in [3.05, 3.63) is 0 Å². The molecule has 7 atom stereocenters. The molecule has 3 aliphatic carbocycles. The normalized spacial score (nSPS) is 42.6. The summed E-state index contributed by atoms with van der Waals surface area (Å²) in [5.74, 6) is 1.57. The van der Waals surface area contributed by atoms with Gasteiger partial charge in [0.25, 0.3) is 0 Å². The highest BCUT2D eigenvalue weighted by Crippen LogP contribution is 2.61. The molecule has 0 amide bonds. The van der Waals surface area contributed by atoms with Crippen LogP contribution in [0.3, 0.4) is 0 Å². The number of ether oxygens (including phenoxy) is 1. The molecule has 0 bridgehead atoms. The van der Waals surface area contributed by atoms with E-state index in [-0.39, 0.29) is 34.7 Å². The summed E-state index contributed by atoms with van der Waals surface area (Å²) in [6.07, 6.45) is 9.38. The van der Waals surface area contributed by atoms with Crippen molar-refractivity contribution >= 4 is 18.0 Å². The van der Waals surface area contributed by atoms with Crippen LogP contribution in [0, 0.1) is 34.5 Å². The van der Waals surface area contributed by atoms with Crippen molar-refractivity contribution in [3.63, 3.8) is 0 Å². The predicted octanol–water partition coefficient (Wildman–Crippen LogP) is 4.74. The fourth-order valence-corrected chi connectivity index (χ4v) is 6.95. The Kier molecular flexibility index (Phi) is 5.84. The van der Waals surface area contributed by atoms with E-state index in [1.807, 2.05) is 0 Å². The van der Waals surface area contributed by atoms with Crippen LogP contribution in [0.1, 0.15) is 85.5 Å². The summed E-state index contributed by atoms with van der Waals surface area (Å²) in [6, 6.07) is 0. The minimum absolute atomic E-state index is 0.0544. The molecule has 0 aromatic rings. The zero-order valence-corrected chi connectivity index (χ0v) is 17.5. The zero-order chi connectivity index (χ0) is 19.8. The molecule has 4 heteroatoms. The van der Waals surface area contributed by atoms with E-state index in [2.05, 4.69) is 20.8 Å². The maximum Gasteiger partial charge on any atom is 0.302 e. The molecular formula is C23H36O4. The first-order valence-corrected chi connectivity index (χ1v) is 10.9. The number of hydrogen-bond donors (Lipinski definition) is 0. The topological polar surface area (TPSA) is 60.4 Å². The summed E-state index contributed by atoms with van der Waals surface area (Å²) in [7, 11) is 0. The van der Waals surface area contributed by atoms with Gasteiger partial charge in [-0.05, 0) is 68.1 Å². The highest BCUT2D eigenvalue weighted by Gasteiger charge is 2.58. The molecule has 27 heavy (non-hydrogen) atoms. The Balaban J connectivity index is 1.78. The molecule has 0 aromatic carbocycles. The third-order valence-electron chi connectivity index (χ3n) is 8.63. The van der Waals surface area contributed by atoms with Crippen molar-refractivity contribution in [1.82, 2.24) is 0 Å². The summed E-state index contributed by atoms with van der Waals surface area (Å²) in [5, 5.41) is 0. The molecule has 4 nitrogen and oxygen atoms in total. The number of Topliss-reactive ketones (excluding diaryl/α,β-unsaturated/α-hetero) is 1. The third kappa shape index (κ3) is 3.49. The van der Waals surface area contributed by atoms with Crippen LogP contribution >= 0.6 is 0 Å². The van der Waals surface area contributed by atoms with Gasteiger partial charge in [0, 0.05) is 24.7 Å². The summed E-state index contributed by atoms with van der Waals surface area (Å²) >= 11 is 0. The molecule has 3 saturated carbocycles. The van der Waals surface area contributed by atoms with Gasteiger partial charge in [0.2, 0.25) is 0 Å². The Morgan fingerprint density at radius 3 is 2.59 bits per heavy atom. The number of aldehydes is 1. The number of hydrogen-bond acceptors (Lipinski definition) is 4. The molecule has 3 aliphatic rings. The van der Waals surface area contributed by atoms with Gasteiger partial charge in [0.05, 0.1) is 0 Å². The van der Waals surface area contributed by atoms with Crippen LogP contribution in [-0.4, -0.2) is 24.1 Å². The average molecular weight is 377 g/mol. The van der Waals surface area contributed by atoms with Gasteiger partial charge in [-0.15, -0.1) is 0 Å². The molecule has 152 valence electrons. The van der Waals surface area contributed by atoms with E-state index in [0.29, 0.717) is 24.0 Å². The zero-order valence-electron chi connectivity index (χ0n) is 17.5. The maximum atomic E-state index is 13.6. The Labute approximate surface area is 163 Å². The van der Waals surface area contributed by atoms with Crippen LogP contribution in [0.2, 0.25) is 0 Å². The number of esters is 1. The van der Waals surface area contributed by atoms with Gasteiger partial charge in [-0.25, -0.2) is 0 Å². The van der Waals surface area contributed by atoms with Crippen LogP contribution in [0.15, 0.2) is 0 Å². The predicted molar refractivity (Wildman–Crippen MR) is 104 cm³/mol. The fourth-order valence-electron chi connectivity index (χ4n) is 6.95. The van der Waals surface area contributed by atoms with Crippen LogP contribution in [-0.2, 0) is 19.1 Å². The number of carbonyl (C=O) groups excluding carboxylic acids is 3. The van der Waals surface area contributed by atoms with Gasteiger partial charge in [-0.3, -0.25) is 9.59 Å². The van der Waals surface area contributed by atoms with Crippen molar-refractivity contribution in [2.75, 3.05) is 0 Å². The Bertz CT molecular complexity index is 599. The van der Waals surface area contributed by atoms with Crippen molar-refractivity contribution in [3.8, 4) is 0 Å². The molecule has 0 radical (unpaired) electrons. The molecule has 0 saturated heterocycles. The smallest absolute Gasteiger partial charge is 0.302 e. The van der Waals surface area contributed by atoms with Gasteiger partial charge in [0.15, 0.2) is 0 Å². The van der Waals surface area contributed by atoms with Crippen molar-refractivity contribution < 1.29 is 19.1 Å². The SMILES string of the molecule is CC[C@@H](CC=O)[C@@]1(C)CC[C@H]2[C@@H](CCC3C[C@@H](OC(C)=O)CC[C@@]32C)C1=O. The number of rotatable bonds is 5. The lowest BCUT2D eigenvalue weighted by atomic mass is 9.46.